The zero-order chi connectivity index (χ0) is 12.5. The van der Waals surface area contributed by atoms with Crippen LogP contribution in [0.5, 0.6) is 0 Å². The molecule has 1 rings (SSSR count). The number of carbonyl (C=O) groups is 1. The molecule has 0 atom stereocenters. The van der Waals surface area contributed by atoms with Crippen LogP contribution in [0, 0.1) is 0 Å². The van der Waals surface area contributed by atoms with E-state index in [9.17, 15) is 4.79 Å². The van der Waals surface area contributed by atoms with Gasteiger partial charge in [-0.2, -0.15) is 11.8 Å². The molecule has 4 heteroatoms. The molecule has 1 amide bonds. The summed E-state index contributed by atoms with van der Waals surface area (Å²) in [5.74, 6) is 1.20. The van der Waals surface area contributed by atoms with Crippen molar-refractivity contribution in [1.82, 2.24) is 5.32 Å². The third-order valence-corrected chi connectivity index (χ3v) is 3.20. The van der Waals surface area contributed by atoms with E-state index in [-0.39, 0.29) is 5.91 Å². The standard InChI is InChI=1S/C13H20N2OS/c1-17-9-5-4-8-15-13(16)10-11-6-2-3-7-12(11)14/h2-3,6-7H,4-5,8-10,14H2,1H3,(H,15,16). The first-order chi connectivity index (χ1) is 8.24. The SMILES string of the molecule is CSCCCCNC(=O)Cc1ccccc1N. The first kappa shape index (κ1) is 13.9. The van der Waals surface area contributed by atoms with Crippen molar-refractivity contribution >= 4 is 23.4 Å². The highest BCUT2D eigenvalue weighted by molar-refractivity contribution is 7.98. The minimum atomic E-state index is 0.0482. The fraction of sp³-hybridized carbons (Fsp3) is 0.462. The van der Waals surface area contributed by atoms with E-state index in [0.717, 1.165) is 30.7 Å². The smallest absolute Gasteiger partial charge is 0.224 e. The predicted octanol–water partition coefficient (Wildman–Crippen LogP) is 2.07. The maximum absolute atomic E-state index is 11.6. The Hall–Kier alpha value is -1.16. The zero-order valence-corrected chi connectivity index (χ0v) is 11.1. The van der Waals surface area contributed by atoms with Crippen molar-refractivity contribution < 1.29 is 4.79 Å². The van der Waals surface area contributed by atoms with Crippen LogP contribution in [0.25, 0.3) is 0 Å². The van der Waals surface area contributed by atoms with Gasteiger partial charge in [0.05, 0.1) is 6.42 Å². The van der Waals surface area contributed by atoms with Crippen molar-refractivity contribution in [3.63, 3.8) is 0 Å². The molecule has 1 aromatic carbocycles. The Bertz CT molecular complexity index is 355. The number of nitrogen functional groups attached to an aromatic ring is 1. The fourth-order valence-corrected chi connectivity index (χ4v) is 2.02. The number of carbonyl (C=O) groups excluding carboxylic acids is 1. The van der Waals surface area contributed by atoms with Gasteiger partial charge >= 0.3 is 0 Å². The summed E-state index contributed by atoms with van der Waals surface area (Å²) in [6, 6.07) is 7.49. The molecular weight excluding hydrogens is 232 g/mol. The molecule has 0 aliphatic carbocycles. The lowest BCUT2D eigenvalue weighted by molar-refractivity contribution is -0.120. The van der Waals surface area contributed by atoms with E-state index in [1.54, 1.807) is 0 Å². The highest BCUT2D eigenvalue weighted by Gasteiger charge is 2.04. The zero-order valence-electron chi connectivity index (χ0n) is 10.2. The summed E-state index contributed by atoms with van der Waals surface area (Å²) < 4.78 is 0. The first-order valence-corrected chi connectivity index (χ1v) is 7.22. The Kier molecular flexibility index (Phi) is 6.55. The van der Waals surface area contributed by atoms with Crippen LogP contribution in [0.4, 0.5) is 5.69 Å². The minimum absolute atomic E-state index is 0.0482. The Morgan fingerprint density at radius 1 is 1.35 bits per heavy atom. The molecule has 1 aromatic rings. The number of hydrogen-bond acceptors (Lipinski definition) is 3. The molecule has 0 aliphatic rings. The van der Waals surface area contributed by atoms with Crippen LogP contribution in [-0.4, -0.2) is 24.5 Å². The molecule has 0 fully saturated rings. The molecule has 3 nitrogen and oxygen atoms in total. The van der Waals surface area contributed by atoms with Crippen molar-refractivity contribution in [2.75, 3.05) is 24.3 Å². The van der Waals surface area contributed by atoms with Gasteiger partial charge < -0.3 is 11.1 Å². The Balaban J connectivity index is 2.23. The summed E-state index contributed by atoms with van der Waals surface area (Å²) in [6.07, 6.45) is 4.65. The van der Waals surface area contributed by atoms with E-state index in [4.69, 9.17) is 5.73 Å². The maximum atomic E-state index is 11.6. The second-order valence-corrected chi connectivity index (χ2v) is 4.91. The summed E-state index contributed by atoms with van der Waals surface area (Å²) in [7, 11) is 0. The van der Waals surface area contributed by atoms with E-state index in [1.165, 1.54) is 0 Å². The summed E-state index contributed by atoms with van der Waals surface area (Å²) in [4.78, 5) is 11.6. The predicted molar refractivity (Wildman–Crippen MR) is 75.2 cm³/mol. The maximum Gasteiger partial charge on any atom is 0.224 e. The van der Waals surface area contributed by atoms with Crippen LogP contribution >= 0.6 is 11.8 Å². The largest absolute Gasteiger partial charge is 0.398 e. The lowest BCUT2D eigenvalue weighted by Gasteiger charge is -2.06. The van der Waals surface area contributed by atoms with Crippen molar-refractivity contribution in [1.29, 1.82) is 0 Å². The quantitative estimate of drug-likeness (QED) is 0.577. The van der Waals surface area contributed by atoms with Gasteiger partial charge in [-0.3, -0.25) is 4.79 Å². The Morgan fingerprint density at radius 3 is 2.82 bits per heavy atom. The van der Waals surface area contributed by atoms with Gasteiger partial charge in [-0.25, -0.2) is 0 Å². The Labute approximate surface area is 107 Å². The third kappa shape index (κ3) is 5.63. The molecule has 0 heterocycles. The molecule has 0 radical (unpaired) electrons. The average molecular weight is 252 g/mol. The molecule has 0 saturated heterocycles. The van der Waals surface area contributed by atoms with Crippen molar-refractivity contribution in [3.8, 4) is 0 Å². The fourth-order valence-electron chi connectivity index (χ4n) is 1.53. The lowest BCUT2D eigenvalue weighted by Crippen LogP contribution is -2.26. The van der Waals surface area contributed by atoms with E-state index in [0.29, 0.717) is 12.1 Å². The molecule has 0 saturated carbocycles. The number of para-hydroxylation sites is 1. The summed E-state index contributed by atoms with van der Waals surface area (Å²) >= 11 is 1.84. The summed E-state index contributed by atoms with van der Waals surface area (Å²) in [5.41, 5.74) is 7.36. The van der Waals surface area contributed by atoms with Crippen LogP contribution in [0.15, 0.2) is 24.3 Å². The van der Waals surface area contributed by atoms with Gasteiger partial charge in [-0.1, -0.05) is 18.2 Å². The number of amides is 1. The molecule has 0 aliphatic heterocycles. The minimum Gasteiger partial charge on any atom is -0.398 e. The second-order valence-electron chi connectivity index (χ2n) is 3.93. The van der Waals surface area contributed by atoms with Crippen LogP contribution in [0.2, 0.25) is 0 Å². The lowest BCUT2D eigenvalue weighted by atomic mass is 10.1. The molecule has 0 spiro atoms. The molecule has 0 unspecified atom stereocenters. The first-order valence-electron chi connectivity index (χ1n) is 5.83. The van der Waals surface area contributed by atoms with Crippen molar-refractivity contribution in [2.45, 2.75) is 19.3 Å². The van der Waals surface area contributed by atoms with Gasteiger partial charge in [0, 0.05) is 12.2 Å². The second kappa shape index (κ2) is 8.01. The molecule has 0 bridgehead atoms. The number of hydrogen-bond donors (Lipinski definition) is 2. The van der Waals surface area contributed by atoms with Gasteiger partial charge in [0.2, 0.25) is 5.91 Å². The summed E-state index contributed by atoms with van der Waals surface area (Å²) in [5, 5.41) is 2.91. The normalized spacial score (nSPS) is 10.2. The van der Waals surface area contributed by atoms with Crippen LogP contribution in [0.3, 0.4) is 0 Å². The number of unbranched alkanes of at least 4 members (excludes halogenated alkanes) is 1. The number of thioether (sulfide) groups is 1. The highest BCUT2D eigenvalue weighted by atomic mass is 32.2. The van der Waals surface area contributed by atoms with E-state index in [1.807, 2.05) is 36.0 Å². The topological polar surface area (TPSA) is 55.1 Å². The van der Waals surface area contributed by atoms with Gasteiger partial charge in [0.25, 0.3) is 0 Å². The number of anilines is 1. The van der Waals surface area contributed by atoms with Crippen LogP contribution in [0.1, 0.15) is 18.4 Å². The monoisotopic (exact) mass is 252 g/mol. The summed E-state index contributed by atoms with van der Waals surface area (Å²) in [6.45, 7) is 0.756. The third-order valence-electron chi connectivity index (χ3n) is 2.50. The van der Waals surface area contributed by atoms with E-state index in [2.05, 4.69) is 11.6 Å². The van der Waals surface area contributed by atoms with Gasteiger partial charge in [0.1, 0.15) is 0 Å². The molecule has 17 heavy (non-hydrogen) atoms. The number of nitrogens with one attached hydrogen (secondary N) is 1. The van der Waals surface area contributed by atoms with E-state index < -0.39 is 0 Å². The average Bonchev–Trinajstić information content (AvgIpc) is 2.32. The number of rotatable bonds is 7. The van der Waals surface area contributed by atoms with Crippen molar-refractivity contribution in [2.24, 2.45) is 0 Å². The number of nitrogens with two attached hydrogens (primary N) is 1. The molecule has 94 valence electrons. The van der Waals surface area contributed by atoms with Gasteiger partial charge in [0.15, 0.2) is 0 Å². The van der Waals surface area contributed by atoms with Gasteiger partial charge in [-0.05, 0) is 36.5 Å². The molecule has 0 aromatic heterocycles. The molecular formula is C13H20N2OS. The van der Waals surface area contributed by atoms with Crippen LogP contribution in [-0.2, 0) is 11.2 Å². The highest BCUT2D eigenvalue weighted by Crippen LogP contribution is 2.10. The van der Waals surface area contributed by atoms with Gasteiger partial charge in [-0.15, -0.1) is 0 Å². The Morgan fingerprint density at radius 2 is 2.12 bits per heavy atom. The number of benzene rings is 1. The van der Waals surface area contributed by atoms with Crippen LogP contribution < -0.4 is 11.1 Å². The van der Waals surface area contributed by atoms with Crippen molar-refractivity contribution in [3.05, 3.63) is 29.8 Å². The molecule has 3 N–H and O–H groups in total. The van der Waals surface area contributed by atoms with E-state index >= 15 is 0 Å².